The van der Waals surface area contributed by atoms with Crippen LogP contribution in [0.3, 0.4) is 0 Å². The highest BCUT2D eigenvalue weighted by Gasteiger charge is 2.60. The van der Waals surface area contributed by atoms with Crippen molar-refractivity contribution in [3.05, 3.63) is 34.9 Å². The van der Waals surface area contributed by atoms with Gasteiger partial charge in [-0.3, -0.25) is 4.79 Å². The van der Waals surface area contributed by atoms with Crippen LogP contribution in [0.5, 0.6) is 0 Å². The topological polar surface area (TPSA) is 86.1 Å². The van der Waals surface area contributed by atoms with Crippen molar-refractivity contribution in [2.24, 2.45) is 11.8 Å². The maximum atomic E-state index is 12.3. The third-order valence-electron chi connectivity index (χ3n) is 5.38. The highest BCUT2D eigenvalue weighted by molar-refractivity contribution is 7.15. The van der Waals surface area contributed by atoms with E-state index in [-0.39, 0.29) is 23.6 Å². The minimum atomic E-state index is -1.08. The Kier molecular flexibility index (Phi) is 3.52. The summed E-state index contributed by atoms with van der Waals surface area (Å²) in [6, 6.07) is -0.264. The number of nitrogens with zero attached hydrogens (tertiary/aromatic N) is 3. The molecule has 2 aromatic rings. The Morgan fingerprint density at radius 3 is 2.80 bits per heavy atom. The number of thiazole rings is 1. The molecule has 0 radical (unpaired) electrons. The van der Waals surface area contributed by atoms with E-state index in [1.807, 2.05) is 30.9 Å². The van der Waals surface area contributed by atoms with Crippen LogP contribution in [0.1, 0.15) is 19.5 Å². The molecule has 2 N–H and O–H groups in total. The Bertz CT molecular complexity index is 926. The number of β-lactam (4-membered cyclic amide) rings is 1. The maximum absolute atomic E-state index is 12.3. The molecule has 0 aromatic carbocycles. The van der Waals surface area contributed by atoms with E-state index in [1.54, 1.807) is 18.3 Å². The molecule has 0 unspecified atom stereocenters. The summed E-state index contributed by atoms with van der Waals surface area (Å²) in [4.78, 5) is 26.6. The molecular weight excluding hydrogens is 342 g/mol. The summed E-state index contributed by atoms with van der Waals surface area (Å²) < 4.78 is 4.02. The number of aromatic nitrogens is 2. The number of aryl methyl sites for hydroxylation is 1. The van der Waals surface area contributed by atoms with Gasteiger partial charge >= 0.3 is 5.97 Å². The number of hydrogen-bond donors (Lipinski definition) is 2. The number of aliphatic hydroxyl groups is 1. The van der Waals surface area contributed by atoms with E-state index in [4.69, 9.17) is 0 Å². The molecule has 0 saturated carbocycles. The summed E-state index contributed by atoms with van der Waals surface area (Å²) >= 11 is 1.63. The highest BCUT2D eigenvalue weighted by atomic mass is 32.1. The lowest BCUT2D eigenvalue weighted by Crippen LogP contribution is -2.63. The van der Waals surface area contributed by atoms with Crippen LogP contribution >= 0.6 is 11.3 Å². The molecule has 2 aliphatic rings. The average molecular weight is 362 g/mol. The van der Waals surface area contributed by atoms with Gasteiger partial charge in [0.15, 0.2) is 0 Å². The monoisotopic (exact) mass is 362 g/mol. The maximum Gasteiger partial charge on any atom is 0.352 e. The molecule has 4 heterocycles. The first-order valence-electron chi connectivity index (χ1n) is 8.24. The molecular formula is C17H20N3O4S+. The highest BCUT2D eigenvalue weighted by Crippen LogP contribution is 2.47. The van der Waals surface area contributed by atoms with Crippen LogP contribution in [0, 0.1) is 18.8 Å². The molecule has 132 valence electrons. The van der Waals surface area contributed by atoms with Crippen molar-refractivity contribution >= 4 is 28.0 Å². The van der Waals surface area contributed by atoms with Crippen LogP contribution in [-0.4, -0.2) is 43.5 Å². The summed E-state index contributed by atoms with van der Waals surface area (Å²) in [5, 5.41) is 21.6. The molecule has 2 aromatic heterocycles. The lowest BCUT2D eigenvalue weighted by molar-refractivity contribution is -0.688. The molecule has 7 nitrogen and oxygen atoms in total. The standard InChI is InChI=1S/C17H19N3O4S/c1-8-6-25-12-5-18(7-19(8)12)4-11-9(2)14-13(10(3)21)16(22)20(14)15(11)17(23)24/h5-7,9-10,13-14,21H,4H2,1-3H3/p+1/t9-,10+,13+,14-/m0/s1. The van der Waals surface area contributed by atoms with Crippen molar-refractivity contribution < 1.29 is 24.4 Å². The number of fused-ring (bicyclic) bond motifs is 2. The van der Waals surface area contributed by atoms with Gasteiger partial charge in [-0.1, -0.05) is 18.3 Å². The minimum Gasteiger partial charge on any atom is -0.477 e. The molecule has 0 aliphatic carbocycles. The molecule has 4 atom stereocenters. The number of carboxylic acids is 1. The number of carbonyl (C=O) groups excluding carboxylic acids is 1. The third kappa shape index (κ3) is 2.17. The van der Waals surface area contributed by atoms with E-state index in [0.29, 0.717) is 6.54 Å². The zero-order chi connectivity index (χ0) is 18.0. The molecule has 0 bridgehead atoms. The smallest absolute Gasteiger partial charge is 0.352 e. The van der Waals surface area contributed by atoms with E-state index in [1.165, 1.54) is 4.90 Å². The van der Waals surface area contributed by atoms with Crippen molar-refractivity contribution in [3.8, 4) is 0 Å². The Hall–Kier alpha value is -2.19. The molecule has 25 heavy (non-hydrogen) atoms. The molecule has 1 fully saturated rings. The average Bonchev–Trinajstić information content (AvgIpc) is 3.14. The number of rotatable bonds is 4. The van der Waals surface area contributed by atoms with Gasteiger partial charge < -0.3 is 15.1 Å². The van der Waals surface area contributed by atoms with Gasteiger partial charge in [-0.25, -0.2) is 9.36 Å². The van der Waals surface area contributed by atoms with Crippen molar-refractivity contribution in [2.45, 2.75) is 39.5 Å². The molecule has 1 amide bonds. The second-order valence-electron chi connectivity index (χ2n) is 6.94. The summed E-state index contributed by atoms with van der Waals surface area (Å²) in [5.74, 6) is -2.00. The van der Waals surface area contributed by atoms with E-state index >= 15 is 0 Å². The van der Waals surface area contributed by atoms with Crippen molar-refractivity contribution in [1.29, 1.82) is 0 Å². The summed E-state index contributed by atoms with van der Waals surface area (Å²) in [5.41, 5.74) is 1.94. The quantitative estimate of drug-likeness (QED) is 0.622. The number of aliphatic carboxylic acids is 1. The Morgan fingerprint density at radius 1 is 1.48 bits per heavy atom. The van der Waals surface area contributed by atoms with Crippen LogP contribution in [0.15, 0.2) is 29.2 Å². The predicted octanol–water partition coefficient (Wildman–Crippen LogP) is 0.793. The van der Waals surface area contributed by atoms with Gasteiger partial charge in [0.25, 0.3) is 0 Å². The SMILES string of the molecule is Cc1csc2c[n+](CC3=C(C(=O)O)N4C(=O)[C@H]([C@@H](C)O)[C@@H]4[C@H]3C)cn12. The minimum absolute atomic E-state index is 0.0816. The Morgan fingerprint density at radius 2 is 2.20 bits per heavy atom. The molecule has 0 spiro atoms. The molecule has 2 aliphatic heterocycles. The van der Waals surface area contributed by atoms with Crippen LogP contribution in [-0.2, 0) is 16.1 Å². The van der Waals surface area contributed by atoms with Crippen molar-refractivity contribution in [2.75, 3.05) is 0 Å². The third-order valence-corrected chi connectivity index (χ3v) is 6.38. The van der Waals surface area contributed by atoms with Crippen molar-refractivity contribution in [1.82, 2.24) is 9.30 Å². The lowest BCUT2D eigenvalue weighted by Gasteiger charge is -2.46. The fourth-order valence-corrected chi connectivity index (χ4v) is 5.04. The Balaban J connectivity index is 1.72. The molecule has 4 rings (SSSR count). The summed E-state index contributed by atoms with van der Waals surface area (Å²) in [7, 11) is 0. The van der Waals surface area contributed by atoms with E-state index in [0.717, 1.165) is 16.1 Å². The number of carboxylic acid groups (broad SMARTS) is 1. The van der Waals surface area contributed by atoms with Gasteiger partial charge in [-0.05, 0) is 13.8 Å². The predicted molar refractivity (Wildman–Crippen MR) is 89.8 cm³/mol. The van der Waals surface area contributed by atoms with Crippen LogP contribution in [0.25, 0.3) is 4.83 Å². The molecule has 8 heteroatoms. The van der Waals surface area contributed by atoms with Gasteiger partial charge in [0, 0.05) is 16.9 Å². The first-order chi connectivity index (χ1) is 11.8. The first-order valence-corrected chi connectivity index (χ1v) is 9.12. The zero-order valence-corrected chi connectivity index (χ0v) is 15.0. The largest absolute Gasteiger partial charge is 0.477 e. The van der Waals surface area contributed by atoms with Crippen LogP contribution < -0.4 is 4.57 Å². The van der Waals surface area contributed by atoms with Crippen LogP contribution in [0.4, 0.5) is 0 Å². The van der Waals surface area contributed by atoms with Gasteiger partial charge in [0.1, 0.15) is 24.1 Å². The number of imidazole rings is 1. The summed E-state index contributed by atoms with van der Waals surface area (Å²) in [6.07, 6.45) is 3.16. The first kappa shape index (κ1) is 16.3. The van der Waals surface area contributed by atoms with Crippen molar-refractivity contribution in [3.63, 3.8) is 0 Å². The second-order valence-corrected chi connectivity index (χ2v) is 7.82. The Labute approximate surface area is 148 Å². The zero-order valence-electron chi connectivity index (χ0n) is 14.2. The fraction of sp³-hybridized carbons (Fsp3) is 0.471. The van der Waals surface area contributed by atoms with E-state index in [9.17, 15) is 19.8 Å². The van der Waals surface area contributed by atoms with Crippen LogP contribution in [0.2, 0.25) is 0 Å². The number of aliphatic hydroxyl groups excluding tert-OH is 1. The van der Waals surface area contributed by atoms with E-state index < -0.39 is 18.0 Å². The van der Waals surface area contributed by atoms with E-state index in [2.05, 4.69) is 9.78 Å². The van der Waals surface area contributed by atoms with Gasteiger partial charge in [0.2, 0.25) is 17.1 Å². The van der Waals surface area contributed by atoms with Gasteiger partial charge in [0.05, 0.1) is 18.1 Å². The summed E-state index contributed by atoms with van der Waals surface area (Å²) in [6.45, 7) is 5.97. The normalized spacial score (nSPS) is 27.0. The molecule has 1 saturated heterocycles. The van der Waals surface area contributed by atoms with Gasteiger partial charge in [-0.15, -0.1) is 0 Å². The lowest BCUT2D eigenvalue weighted by atomic mass is 9.78. The number of carbonyl (C=O) groups is 2. The fourth-order valence-electron chi connectivity index (χ4n) is 4.13. The van der Waals surface area contributed by atoms with Gasteiger partial charge in [-0.2, -0.15) is 4.40 Å². The number of hydrogen-bond acceptors (Lipinski definition) is 4. The second kappa shape index (κ2) is 5.40. The number of amides is 1.